The largest absolute Gasteiger partial charge is 0.370 e. The highest BCUT2D eigenvalue weighted by atomic mass is 32.2. The minimum absolute atomic E-state index is 0.0410. The number of nitrogens with one attached hydrogen (secondary N) is 2. The summed E-state index contributed by atoms with van der Waals surface area (Å²) in [6.07, 6.45) is 3.33. The molecule has 1 atom stereocenters. The molecule has 140 valence electrons. The van der Waals surface area contributed by atoms with Crippen molar-refractivity contribution >= 4 is 10.0 Å². The number of pyridine rings is 1. The van der Waals surface area contributed by atoms with Crippen molar-refractivity contribution in [2.45, 2.75) is 10.9 Å². The van der Waals surface area contributed by atoms with Crippen molar-refractivity contribution in [3.8, 4) is 0 Å². The van der Waals surface area contributed by atoms with Crippen molar-refractivity contribution in [3.63, 3.8) is 0 Å². The van der Waals surface area contributed by atoms with E-state index in [-0.39, 0.29) is 12.6 Å². The van der Waals surface area contributed by atoms with Gasteiger partial charge in [0.05, 0.1) is 19.8 Å². The first-order valence-electron chi connectivity index (χ1n) is 8.24. The third-order valence-electron chi connectivity index (χ3n) is 4.37. The van der Waals surface area contributed by atoms with E-state index >= 15 is 0 Å². The number of halogens is 2. The van der Waals surface area contributed by atoms with Crippen LogP contribution in [-0.4, -0.2) is 46.2 Å². The Bertz CT molecular complexity index is 844. The summed E-state index contributed by atoms with van der Waals surface area (Å²) in [4.78, 5) is 4.55. The topological polar surface area (TPSA) is 72.7 Å². The third kappa shape index (κ3) is 4.42. The number of nitrogens with zero attached hydrogens (tertiary/aromatic N) is 1. The van der Waals surface area contributed by atoms with Gasteiger partial charge in [0.15, 0.2) is 0 Å². The minimum Gasteiger partial charge on any atom is -0.370 e. The molecule has 0 saturated carbocycles. The van der Waals surface area contributed by atoms with Crippen molar-refractivity contribution in [2.24, 2.45) is 0 Å². The number of morpholine rings is 1. The maximum Gasteiger partial charge on any atom is 0.243 e. The lowest BCUT2D eigenvalue weighted by atomic mass is 10.1. The molecule has 0 bridgehead atoms. The molecule has 1 aliphatic heterocycles. The maximum absolute atomic E-state index is 13.8. The molecule has 6 nitrogen and oxygen atoms in total. The molecule has 2 N–H and O–H groups in total. The molecule has 1 aromatic heterocycles. The maximum atomic E-state index is 13.8. The molecule has 2 heterocycles. The van der Waals surface area contributed by atoms with Gasteiger partial charge < -0.3 is 9.64 Å². The molecule has 26 heavy (non-hydrogen) atoms. The number of aromatic nitrogens is 1. The van der Waals surface area contributed by atoms with Crippen molar-refractivity contribution < 1.29 is 26.8 Å². The number of hydrogen-bond acceptors (Lipinski definition) is 4. The molecule has 0 amide bonds. The molecular weight excluding hydrogens is 364 g/mol. The van der Waals surface area contributed by atoms with Crippen molar-refractivity contribution in [1.29, 1.82) is 0 Å². The molecule has 1 aliphatic rings. The SMILES string of the molecule is O=S(=O)(NCC(c1cccnc1)[NH+]1CCOCC1)c1cc(F)ccc1F. The van der Waals surface area contributed by atoms with Gasteiger partial charge in [0, 0.05) is 18.0 Å². The van der Waals surface area contributed by atoms with E-state index in [0.29, 0.717) is 19.3 Å². The van der Waals surface area contributed by atoms with Gasteiger partial charge >= 0.3 is 0 Å². The predicted octanol–water partition coefficient (Wildman–Crippen LogP) is 0.294. The van der Waals surface area contributed by atoms with Crippen LogP contribution in [0.1, 0.15) is 11.6 Å². The molecule has 1 unspecified atom stereocenters. The van der Waals surface area contributed by atoms with E-state index < -0.39 is 26.6 Å². The van der Waals surface area contributed by atoms with Crippen LogP contribution in [0.15, 0.2) is 47.6 Å². The molecule has 9 heteroatoms. The van der Waals surface area contributed by atoms with Gasteiger partial charge in [0.2, 0.25) is 10.0 Å². The third-order valence-corrected chi connectivity index (χ3v) is 5.81. The van der Waals surface area contributed by atoms with Crippen molar-refractivity contribution in [3.05, 3.63) is 59.9 Å². The first kappa shape index (κ1) is 18.8. The Hall–Kier alpha value is -1.94. The Balaban J connectivity index is 1.82. The van der Waals surface area contributed by atoms with Crippen LogP contribution in [0.4, 0.5) is 8.78 Å². The highest BCUT2D eigenvalue weighted by Gasteiger charge is 2.29. The molecule has 1 saturated heterocycles. The Morgan fingerprint density at radius 1 is 1.23 bits per heavy atom. The van der Waals surface area contributed by atoms with Crippen LogP contribution >= 0.6 is 0 Å². The molecule has 0 aliphatic carbocycles. The number of quaternary nitrogens is 1. The number of rotatable bonds is 6. The van der Waals surface area contributed by atoms with Gasteiger partial charge in [-0.2, -0.15) is 0 Å². The normalized spacial score (nSPS) is 17.2. The molecule has 1 fully saturated rings. The van der Waals surface area contributed by atoms with Gasteiger partial charge in [-0.1, -0.05) is 0 Å². The summed E-state index contributed by atoms with van der Waals surface area (Å²) in [5, 5.41) is 0. The highest BCUT2D eigenvalue weighted by molar-refractivity contribution is 7.89. The average Bonchev–Trinajstić information content (AvgIpc) is 2.65. The summed E-state index contributed by atoms with van der Waals surface area (Å²) < 4.78 is 59.9. The zero-order valence-corrected chi connectivity index (χ0v) is 14.8. The summed E-state index contributed by atoms with van der Waals surface area (Å²) in [6.45, 7) is 2.64. The quantitative estimate of drug-likeness (QED) is 0.751. The molecular formula is C17H20F2N3O3S+. The van der Waals surface area contributed by atoms with E-state index in [9.17, 15) is 17.2 Å². The number of benzene rings is 1. The van der Waals surface area contributed by atoms with Crippen LogP contribution < -0.4 is 9.62 Å². The van der Waals surface area contributed by atoms with Gasteiger partial charge in [-0.05, 0) is 30.3 Å². The number of sulfonamides is 1. The summed E-state index contributed by atoms with van der Waals surface area (Å²) in [5.74, 6) is -1.80. The van der Waals surface area contributed by atoms with E-state index in [0.717, 1.165) is 35.7 Å². The van der Waals surface area contributed by atoms with Crippen molar-refractivity contribution in [1.82, 2.24) is 9.71 Å². The van der Waals surface area contributed by atoms with Gasteiger partial charge in [-0.3, -0.25) is 4.98 Å². The smallest absolute Gasteiger partial charge is 0.243 e. The fraction of sp³-hybridized carbons (Fsp3) is 0.353. The lowest BCUT2D eigenvalue weighted by molar-refractivity contribution is -0.937. The van der Waals surface area contributed by atoms with Crippen molar-refractivity contribution in [2.75, 3.05) is 32.8 Å². The zero-order valence-electron chi connectivity index (χ0n) is 14.0. The van der Waals surface area contributed by atoms with Gasteiger partial charge in [0.1, 0.15) is 35.7 Å². The van der Waals surface area contributed by atoms with E-state index in [1.807, 2.05) is 6.07 Å². The molecule has 0 radical (unpaired) electrons. The van der Waals surface area contributed by atoms with Crippen LogP contribution in [0.2, 0.25) is 0 Å². The fourth-order valence-corrected chi connectivity index (χ4v) is 4.15. The summed E-state index contributed by atoms with van der Waals surface area (Å²) in [6, 6.07) is 5.80. The first-order chi connectivity index (χ1) is 12.5. The Labute approximate surface area is 150 Å². The summed E-state index contributed by atoms with van der Waals surface area (Å²) >= 11 is 0. The minimum atomic E-state index is -4.19. The van der Waals surface area contributed by atoms with E-state index in [1.54, 1.807) is 18.5 Å². The second kappa shape index (κ2) is 8.17. The van der Waals surface area contributed by atoms with E-state index in [1.165, 1.54) is 0 Å². The monoisotopic (exact) mass is 384 g/mol. The second-order valence-corrected chi connectivity index (χ2v) is 7.77. The lowest BCUT2D eigenvalue weighted by Crippen LogP contribution is -3.15. The first-order valence-corrected chi connectivity index (χ1v) is 9.72. The van der Waals surface area contributed by atoms with E-state index in [4.69, 9.17) is 4.74 Å². The zero-order chi connectivity index (χ0) is 18.6. The van der Waals surface area contributed by atoms with E-state index in [2.05, 4.69) is 9.71 Å². The summed E-state index contributed by atoms with van der Waals surface area (Å²) in [5.41, 5.74) is 0.867. The van der Waals surface area contributed by atoms with Crippen LogP contribution in [0.3, 0.4) is 0 Å². The van der Waals surface area contributed by atoms with Crippen LogP contribution in [0.25, 0.3) is 0 Å². The second-order valence-electron chi connectivity index (χ2n) is 6.04. The molecule has 2 aromatic rings. The van der Waals surface area contributed by atoms with Crippen LogP contribution in [0, 0.1) is 11.6 Å². The number of ether oxygens (including phenoxy) is 1. The Morgan fingerprint density at radius 2 is 2.00 bits per heavy atom. The van der Waals surface area contributed by atoms with Crippen LogP contribution in [0.5, 0.6) is 0 Å². The van der Waals surface area contributed by atoms with Gasteiger partial charge in [-0.25, -0.2) is 21.9 Å². The summed E-state index contributed by atoms with van der Waals surface area (Å²) in [7, 11) is -4.19. The predicted molar refractivity (Wildman–Crippen MR) is 90.0 cm³/mol. The van der Waals surface area contributed by atoms with Crippen LogP contribution in [-0.2, 0) is 14.8 Å². The standard InChI is InChI=1S/C17H19F2N3O3S/c18-14-3-4-15(19)17(10-14)26(23,24)21-12-16(13-2-1-5-20-11-13)22-6-8-25-9-7-22/h1-5,10-11,16,21H,6-9,12H2/p+1. The highest BCUT2D eigenvalue weighted by Crippen LogP contribution is 2.16. The van der Waals surface area contributed by atoms with Gasteiger partial charge in [-0.15, -0.1) is 0 Å². The molecule has 0 spiro atoms. The van der Waals surface area contributed by atoms with Gasteiger partial charge in [0.25, 0.3) is 0 Å². The Morgan fingerprint density at radius 3 is 2.69 bits per heavy atom. The fourth-order valence-electron chi connectivity index (χ4n) is 3.02. The molecule has 3 rings (SSSR count). The lowest BCUT2D eigenvalue weighted by Gasteiger charge is -2.31. The Kier molecular flexibility index (Phi) is 5.92. The number of hydrogen-bond donors (Lipinski definition) is 2. The molecule has 1 aromatic carbocycles. The average molecular weight is 384 g/mol.